The molecule has 0 saturated heterocycles. The van der Waals surface area contributed by atoms with E-state index in [2.05, 4.69) is 11.9 Å². The maximum atomic E-state index is 11.6. The monoisotopic (exact) mass is 295 g/mol. The fourth-order valence-corrected chi connectivity index (χ4v) is 3.06. The largest absolute Gasteiger partial charge is 0.331 e. The lowest BCUT2D eigenvalue weighted by Crippen LogP contribution is -2.06. The molecular weight excluding hydrogens is 274 g/mol. The zero-order valence-electron chi connectivity index (χ0n) is 12.1. The van der Waals surface area contributed by atoms with Gasteiger partial charge in [-0.1, -0.05) is 6.92 Å². The number of nitrogens with zero attached hydrogens (tertiary/aromatic N) is 2. The van der Waals surface area contributed by atoms with Gasteiger partial charge in [-0.2, -0.15) is 0 Å². The summed E-state index contributed by atoms with van der Waals surface area (Å²) in [6.07, 6.45) is 3.15. The SMILES string of the molecule is CC(CCCN)c1nc2cc(S(C)(=O)=O)ccc2n1C. The lowest BCUT2D eigenvalue weighted by atomic mass is 10.1. The molecule has 0 aliphatic heterocycles. The number of hydrogen-bond acceptors (Lipinski definition) is 4. The number of hydrogen-bond donors (Lipinski definition) is 1. The summed E-state index contributed by atoms with van der Waals surface area (Å²) in [5, 5.41) is 0. The third kappa shape index (κ3) is 2.86. The molecule has 2 rings (SSSR count). The highest BCUT2D eigenvalue weighted by molar-refractivity contribution is 7.90. The van der Waals surface area contributed by atoms with Crippen molar-refractivity contribution in [3.05, 3.63) is 24.0 Å². The van der Waals surface area contributed by atoms with Crippen molar-refractivity contribution in [3.8, 4) is 0 Å². The average Bonchev–Trinajstić information content (AvgIpc) is 2.72. The Morgan fingerprint density at radius 3 is 2.70 bits per heavy atom. The van der Waals surface area contributed by atoms with Crippen LogP contribution in [0.4, 0.5) is 0 Å². The Balaban J connectivity index is 2.47. The number of benzene rings is 1. The van der Waals surface area contributed by atoms with Crippen LogP contribution in [0.5, 0.6) is 0 Å². The highest BCUT2D eigenvalue weighted by atomic mass is 32.2. The van der Waals surface area contributed by atoms with E-state index in [0.29, 0.717) is 17.4 Å². The zero-order chi connectivity index (χ0) is 14.9. The van der Waals surface area contributed by atoms with Crippen LogP contribution in [-0.2, 0) is 16.9 Å². The van der Waals surface area contributed by atoms with Crippen molar-refractivity contribution in [2.45, 2.75) is 30.6 Å². The van der Waals surface area contributed by atoms with Gasteiger partial charge in [-0.05, 0) is 37.6 Å². The van der Waals surface area contributed by atoms with Crippen LogP contribution in [0.1, 0.15) is 31.5 Å². The number of imidazole rings is 1. The molecule has 1 atom stereocenters. The van der Waals surface area contributed by atoms with E-state index < -0.39 is 9.84 Å². The van der Waals surface area contributed by atoms with Gasteiger partial charge in [0.2, 0.25) is 0 Å². The normalized spacial score (nSPS) is 13.8. The first kappa shape index (κ1) is 15.0. The maximum absolute atomic E-state index is 11.6. The fraction of sp³-hybridized carbons (Fsp3) is 0.500. The molecule has 1 aromatic heterocycles. The first-order chi connectivity index (χ1) is 9.34. The molecule has 2 aromatic rings. The molecule has 1 heterocycles. The third-order valence-electron chi connectivity index (χ3n) is 3.60. The van der Waals surface area contributed by atoms with Crippen molar-refractivity contribution in [1.82, 2.24) is 9.55 Å². The smallest absolute Gasteiger partial charge is 0.175 e. The Labute approximate surface area is 119 Å². The summed E-state index contributed by atoms with van der Waals surface area (Å²) in [5.41, 5.74) is 7.22. The van der Waals surface area contributed by atoms with Crippen LogP contribution in [0.15, 0.2) is 23.1 Å². The summed E-state index contributed by atoms with van der Waals surface area (Å²) < 4.78 is 25.2. The van der Waals surface area contributed by atoms with Gasteiger partial charge in [-0.15, -0.1) is 0 Å². The molecule has 0 amide bonds. The standard InChI is InChI=1S/C14H21N3O2S/c1-10(5-4-8-15)14-16-12-9-11(20(3,18)19)6-7-13(12)17(14)2/h6-7,9-10H,4-5,8,15H2,1-3H3. The van der Waals surface area contributed by atoms with E-state index in [-0.39, 0.29) is 0 Å². The van der Waals surface area contributed by atoms with Gasteiger partial charge in [0, 0.05) is 19.2 Å². The summed E-state index contributed by atoms with van der Waals surface area (Å²) in [4.78, 5) is 4.91. The van der Waals surface area contributed by atoms with E-state index in [1.807, 2.05) is 17.7 Å². The summed E-state index contributed by atoms with van der Waals surface area (Å²) in [6.45, 7) is 2.79. The number of aromatic nitrogens is 2. The number of nitrogens with two attached hydrogens (primary N) is 1. The molecule has 0 fully saturated rings. The van der Waals surface area contributed by atoms with Crippen molar-refractivity contribution in [2.75, 3.05) is 12.8 Å². The van der Waals surface area contributed by atoms with Crippen LogP contribution in [0.25, 0.3) is 11.0 Å². The summed E-state index contributed by atoms with van der Waals surface area (Å²) in [6, 6.07) is 5.09. The number of sulfone groups is 1. The predicted octanol–water partition coefficient (Wildman–Crippen LogP) is 1.82. The second kappa shape index (κ2) is 5.54. The van der Waals surface area contributed by atoms with Crippen molar-refractivity contribution < 1.29 is 8.42 Å². The van der Waals surface area contributed by atoms with E-state index >= 15 is 0 Å². The Hall–Kier alpha value is -1.40. The van der Waals surface area contributed by atoms with Gasteiger partial charge >= 0.3 is 0 Å². The topological polar surface area (TPSA) is 78.0 Å². The van der Waals surface area contributed by atoms with Gasteiger partial charge in [-0.25, -0.2) is 13.4 Å². The average molecular weight is 295 g/mol. The second-order valence-corrected chi connectivity index (χ2v) is 7.30. The molecule has 2 N–H and O–H groups in total. The van der Waals surface area contributed by atoms with Gasteiger partial charge in [-0.3, -0.25) is 0 Å². The third-order valence-corrected chi connectivity index (χ3v) is 4.71. The minimum absolute atomic E-state index is 0.303. The van der Waals surface area contributed by atoms with Gasteiger partial charge in [0.25, 0.3) is 0 Å². The van der Waals surface area contributed by atoms with Crippen molar-refractivity contribution in [1.29, 1.82) is 0 Å². The molecule has 0 saturated carbocycles. The summed E-state index contributed by atoms with van der Waals surface area (Å²) in [5.74, 6) is 1.27. The minimum atomic E-state index is -3.20. The first-order valence-electron chi connectivity index (χ1n) is 6.71. The molecule has 0 aliphatic carbocycles. The Morgan fingerprint density at radius 1 is 1.40 bits per heavy atom. The molecule has 110 valence electrons. The quantitative estimate of drug-likeness (QED) is 0.912. The van der Waals surface area contributed by atoms with Crippen LogP contribution in [0.3, 0.4) is 0 Å². The van der Waals surface area contributed by atoms with Crippen LogP contribution >= 0.6 is 0 Å². The van der Waals surface area contributed by atoms with Gasteiger partial charge < -0.3 is 10.3 Å². The molecule has 1 aromatic carbocycles. The summed E-state index contributed by atoms with van der Waals surface area (Å²) in [7, 11) is -1.24. The fourth-order valence-electron chi connectivity index (χ4n) is 2.42. The summed E-state index contributed by atoms with van der Waals surface area (Å²) >= 11 is 0. The molecular formula is C14H21N3O2S. The molecule has 0 aliphatic rings. The van der Waals surface area contributed by atoms with E-state index in [1.54, 1.807) is 12.1 Å². The van der Waals surface area contributed by atoms with Crippen LogP contribution in [0.2, 0.25) is 0 Å². The molecule has 20 heavy (non-hydrogen) atoms. The highest BCUT2D eigenvalue weighted by Crippen LogP contribution is 2.25. The number of aryl methyl sites for hydroxylation is 1. The van der Waals surface area contributed by atoms with Crippen molar-refractivity contribution >= 4 is 20.9 Å². The van der Waals surface area contributed by atoms with Gasteiger partial charge in [0.1, 0.15) is 5.82 Å². The lowest BCUT2D eigenvalue weighted by Gasteiger charge is -2.10. The second-order valence-electron chi connectivity index (χ2n) is 5.28. The van der Waals surface area contributed by atoms with E-state index in [0.717, 1.165) is 29.7 Å². The van der Waals surface area contributed by atoms with Crippen molar-refractivity contribution in [2.24, 2.45) is 12.8 Å². The van der Waals surface area contributed by atoms with Gasteiger partial charge in [0.15, 0.2) is 9.84 Å². The van der Waals surface area contributed by atoms with Crippen LogP contribution < -0.4 is 5.73 Å². The lowest BCUT2D eigenvalue weighted by molar-refractivity contribution is 0.592. The number of fused-ring (bicyclic) bond motifs is 1. The Bertz CT molecular complexity index is 719. The number of rotatable bonds is 5. The van der Waals surface area contributed by atoms with Crippen LogP contribution in [0, 0.1) is 0 Å². The van der Waals surface area contributed by atoms with E-state index in [9.17, 15) is 8.42 Å². The molecule has 5 nitrogen and oxygen atoms in total. The molecule has 1 unspecified atom stereocenters. The minimum Gasteiger partial charge on any atom is -0.331 e. The van der Waals surface area contributed by atoms with E-state index in [4.69, 9.17) is 5.73 Å². The maximum Gasteiger partial charge on any atom is 0.175 e. The van der Waals surface area contributed by atoms with Crippen molar-refractivity contribution in [3.63, 3.8) is 0 Å². The molecule has 0 radical (unpaired) electrons. The zero-order valence-corrected chi connectivity index (χ0v) is 12.9. The van der Waals surface area contributed by atoms with Gasteiger partial charge in [0.05, 0.1) is 15.9 Å². The first-order valence-corrected chi connectivity index (χ1v) is 8.60. The Kier molecular flexibility index (Phi) is 4.15. The Morgan fingerprint density at radius 2 is 2.10 bits per heavy atom. The van der Waals surface area contributed by atoms with Crippen LogP contribution in [-0.4, -0.2) is 30.8 Å². The molecule has 0 bridgehead atoms. The highest BCUT2D eigenvalue weighted by Gasteiger charge is 2.16. The molecule has 6 heteroatoms. The predicted molar refractivity (Wildman–Crippen MR) is 80.5 cm³/mol. The molecule has 0 spiro atoms. The van der Waals surface area contributed by atoms with E-state index in [1.165, 1.54) is 6.26 Å².